The molecule has 1 saturated carbocycles. The van der Waals surface area contributed by atoms with Crippen molar-refractivity contribution >= 4 is 0 Å². The van der Waals surface area contributed by atoms with Crippen LogP contribution < -0.4 is 0 Å². The Kier molecular flexibility index (Phi) is 9.59. The van der Waals surface area contributed by atoms with E-state index >= 15 is 0 Å². The fourth-order valence-corrected chi connectivity index (χ4v) is 3.73. The number of hydrogen-bond donors (Lipinski definition) is 1. The second-order valence-corrected chi connectivity index (χ2v) is 7.17. The summed E-state index contributed by atoms with van der Waals surface area (Å²) in [6.07, 6.45) is 19.5. The first-order chi connectivity index (χ1) is 9.70. The summed E-state index contributed by atoms with van der Waals surface area (Å²) in [5.41, 5.74) is -0.291. The Hall–Kier alpha value is -0.0400. The van der Waals surface area contributed by atoms with Gasteiger partial charge >= 0.3 is 0 Å². The molecule has 1 nitrogen and oxygen atoms in total. The van der Waals surface area contributed by atoms with Gasteiger partial charge in [0.25, 0.3) is 0 Å². The minimum Gasteiger partial charge on any atom is -0.390 e. The van der Waals surface area contributed by atoms with Gasteiger partial charge in [0.05, 0.1) is 5.60 Å². The van der Waals surface area contributed by atoms with Crippen LogP contribution in [0.15, 0.2) is 0 Å². The van der Waals surface area contributed by atoms with Crippen LogP contribution in [0.3, 0.4) is 0 Å². The highest BCUT2D eigenvalue weighted by Crippen LogP contribution is 2.39. The number of hydrogen-bond acceptors (Lipinski definition) is 1. The largest absolute Gasteiger partial charge is 0.390 e. The molecule has 2 unspecified atom stereocenters. The first kappa shape index (κ1) is 18.0. The second-order valence-electron chi connectivity index (χ2n) is 7.17. The van der Waals surface area contributed by atoms with Crippen LogP contribution in [0, 0.1) is 5.92 Å². The first-order valence-corrected chi connectivity index (χ1v) is 9.42. The lowest BCUT2D eigenvalue weighted by molar-refractivity contribution is 0.0318. The Morgan fingerprint density at radius 2 is 1.40 bits per heavy atom. The van der Waals surface area contributed by atoms with Crippen LogP contribution in [0.25, 0.3) is 0 Å². The Balaban J connectivity index is 1.87. The van der Waals surface area contributed by atoms with Gasteiger partial charge in [-0.05, 0) is 31.6 Å². The molecule has 2 atom stereocenters. The minimum absolute atomic E-state index is 0.291. The van der Waals surface area contributed by atoms with Crippen molar-refractivity contribution in [1.29, 1.82) is 0 Å². The SMILES string of the molecule is CCCCCCCCCCCCC1(O)CCC(CC)C1. The maximum Gasteiger partial charge on any atom is 0.0650 e. The monoisotopic (exact) mass is 282 g/mol. The van der Waals surface area contributed by atoms with Gasteiger partial charge in [-0.1, -0.05) is 84.5 Å². The van der Waals surface area contributed by atoms with E-state index in [2.05, 4.69) is 13.8 Å². The van der Waals surface area contributed by atoms with Crippen molar-refractivity contribution in [3.05, 3.63) is 0 Å². The molecule has 0 spiro atoms. The number of rotatable bonds is 12. The lowest BCUT2D eigenvalue weighted by Gasteiger charge is -2.22. The average Bonchev–Trinajstić information content (AvgIpc) is 2.83. The summed E-state index contributed by atoms with van der Waals surface area (Å²) in [5.74, 6) is 0.795. The molecule has 1 fully saturated rings. The van der Waals surface area contributed by atoms with Crippen molar-refractivity contribution in [2.75, 3.05) is 0 Å². The van der Waals surface area contributed by atoms with Crippen LogP contribution in [0.1, 0.15) is 110 Å². The van der Waals surface area contributed by atoms with Crippen molar-refractivity contribution in [3.63, 3.8) is 0 Å². The summed E-state index contributed by atoms with van der Waals surface area (Å²) in [6, 6.07) is 0. The Bertz CT molecular complexity index is 226. The molecule has 0 aliphatic heterocycles. The molecule has 0 saturated heterocycles. The zero-order valence-electron chi connectivity index (χ0n) is 14.1. The predicted octanol–water partition coefficient (Wildman–Crippen LogP) is 6.24. The molecule has 0 aromatic carbocycles. The summed E-state index contributed by atoms with van der Waals surface area (Å²) >= 11 is 0. The van der Waals surface area contributed by atoms with Gasteiger partial charge in [-0.3, -0.25) is 0 Å². The summed E-state index contributed by atoms with van der Waals surface area (Å²) in [6.45, 7) is 4.54. The van der Waals surface area contributed by atoms with Gasteiger partial charge in [0.1, 0.15) is 0 Å². The molecule has 1 N–H and O–H groups in total. The van der Waals surface area contributed by atoms with Gasteiger partial charge in [0, 0.05) is 0 Å². The van der Waals surface area contributed by atoms with Crippen molar-refractivity contribution in [3.8, 4) is 0 Å². The molecule has 1 heteroatoms. The van der Waals surface area contributed by atoms with Crippen LogP contribution in [-0.4, -0.2) is 10.7 Å². The third-order valence-electron chi connectivity index (χ3n) is 5.26. The molecule has 0 bridgehead atoms. The molecule has 0 aromatic rings. The van der Waals surface area contributed by atoms with Gasteiger partial charge in [-0.25, -0.2) is 0 Å². The fraction of sp³-hybridized carbons (Fsp3) is 1.00. The fourth-order valence-electron chi connectivity index (χ4n) is 3.73. The van der Waals surface area contributed by atoms with E-state index in [0.717, 1.165) is 25.2 Å². The molecule has 0 amide bonds. The van der Waals surface area contributed by atoms with Gasteiger partial charge < -0.3 is 5.11 Å². The molecular formula is C19H38O. The Morgan fingerprint density at radius 3 is 1.90 bits per heavy atom. The van der Waals surface area contributed by atoms with Gasteiger partial charge in [0.15, 0.2) is 0 Å². The maximum absolute atomic E-state index is 10.5. The highest BCUT2D eigenvalue weighted by molar-refractivity contribution is 4.88. The summed E-state index contributed by atoms with van der Waals surface area (Å²) < 4.78 is 0. The van der Waals surface area contributed by atoms with Crippen molar-refractivity contribution in [2.24, 2.45) is 5.92 Å². The van der Waals surface area contributed by atoms with Gasteiger partial charge in [-0.2, -0.15) is 0 Å². The second kappa shape index (κ2) is 10.7. The van der Waals surface area contributed by atoms with E-state index < -0.39 is 0 Å². The maximum atomic E-state index is 10.5. The van der Waals surface area contributed by atoms with Crippen molar-refractivity contribution < 1.29 is 5.11 Å². The topological polar surface area (TPSA) is 20.2 Å². The van der Waals surface area contributed by atoms with Gasteiger partial charge in [0.2, 0.25) is 0 Å². The molecule has 0 radical (unpaired) electrons. The Morgan fingerprint density at radius 1 is 0.850 bits per heavy atom. The molecule has 1 rings (SSSR count). The lowest BCUT2D eigenvalue weighted by atomic mass is 9.92. The van der Waals surface area contributed by atoms with E-state index in [1.807, 2.05) is 0 Å². The van der Waals surface area contributed by atoms with Crippen LogP contribution in [0.5, 0.6) is 0 Å². The number of unbranched alkanes of at least 4 members (excludes halogenated alkanes) is 9. The molecule has 120 valence electrons. The van der Waals surface area contributed by atoms with Crippen LogP contribution >= 0.6 is 0 Å². The molecule has 0 heterocycles. The first-order valence-electron chi connectivity index (χ1n) is 9.42. The third kappa shape index (κ3) is 7.67. The van der Waals surface area contributed by atoms with Crippen molar-refractivity contribution in [1.82, 2.24) is 0 Å². The average molecular weight is 283 g/mol. The van der Waals surface area contributed by atoms with E-state index in [4.69, 9.17) is 0 Å². The molecule has 1 aliphatic carbocycles. The van der Waals surface area contributed by atoms with E-state index in [1.54, 1.807) is 0 Å². The molecule has 20 heavy (non-hydrogen) atoms. The predicted molar refractivity (Wildman–Crippen MR) is 89.0 cm³/mol. The van der Waals surface area contributed by atoms with E-state index in [0.29, 0.717) is 0 Å². The molecule has 1 aliphatic rings. The Labute approximate surface area is 127 Å². The summed E-state index contributed by atoms with van der Waals surface area (Å²) in [7, 11) is 0. The summed E-state index contributed by atoms with van der Waals surface area (Å²) in [5, 5.41) is 10.5. The third-order valence-corrected chi connectivity index (χ3v) is 5.26. The normalized spacial score (nSPS) is 26.2. The van der Waals surface area contributed by atoms with E-state index in [-0.39, 0.29) is 5.60 Å². The van der Waals surface area contributed by atoms with Crippen LogP contribution in [0.2, 0.25) is 0 Å². The summed E-state index contributed by atoms with van der Waals surface area (Å²) in [4.78, 5) is 0. The van der Waals surface area contributed by atoms with Crippen LogP contribution in [-0.2, 0) is 0 Å². The van der Waals surface area contributed by atoms with Gasteiger partial charge in [-0.15, -0.1) is 0 Å². The van der Waals surface area contributed by atoms with E-state index in [1.165, 1.54) is 77.0 Å². The molecule has 0 aromatic heterocycles. The standard InChI is InChI=1S/C19H38O/c1-3-5-6-7-8-9-10-11-12-13-15-19(20)16-14-18(4-2)17-19/h18,20H,3-17H2,1-2H3. The number of aliphatic hydroxyl groups is 1. The molecular weight excluding hydrogens is 244 g/mol. The van der Waals surface area contributed by atoms with E-state index in [9.17, 15) is 5.11 Å². The van der Waals surface area contributed by atoms with Crippen molar-refractivity contribution in [2.45, 2.75) is 116 Å². The zero-order valence-corrected chi connectivity index (χ0v) is 14.1. The highest BCUT2D eigenvalue weighted by atomic mass is 16.3. The van der Waals surface area contributed by atoms with Crippen LogP contribution in [0.4, 0.5) is 0 Å². The highest BCUT2D eigenvalue weighted by Gasteiger charge is 2.35. The lowest BCUT2D eigenvalue weighted by Crippen LogP contribution is -2.24. The quantitative estimate of drug-likeness (QED) is 0.420. The smallest absolute Gasteiger partial charge is 0.0650 e. The minimum atomic E-state index is -0.291. The zero-order chi connectivity index (χ0) is 14.7.